The van der Waals surface area contributed by atoms with E-state index in [0.29, 0.717) is 26.2 Å². The van der Waals surface area contributed by atoms with Gasteiger partial charge < -0.3 is 10.2 Å². The van der Waals surface area contributed by atoms with E-state index in [2.05, 4.69) is 5.32 Å². The molecule has 1 aliphatic rings. The lowest BCUT2D eigenvalue weighted by Gasteiger charge is -2.33. The molecule has 0 unspecified atom stereocenters. The minimum Gasteiger partial charge on any atom is -0.376 e. The van der Waals surface area contributed by atoms with Crippen LogP contribution >= 0.6 is 0 Å². The fraction of sp³-hybridized carbons (Fsp3) is 0.462. The highest BCUT2D eigenvalue weighted by Gasteiger charge is 2.25. The van der Waals surface area contributed by atoms with E-state index in [-0.39, 0.29) is 12.5 Å². The maximum atomic E-state index is 12.0. The van der Waals surface area contributed by atoms with Gasteiger partial charge in [0.2, 0.25) is 15.9 Å². The molecule has 0 bridgehead atoms. The number of hydrogen-bond donors (Lipinski definition) is 1. The zero-order valence-corrected chi connectivity index (χ0v) is 12.3. The second-order valence-electron chi connectivity index (χ2n) is 4.76. The molecule has 0 atom stereocenters. The smallest absolute Gasteiger partial charge is 0.241 e. The first-order chi connectivity index (χ1) is 9.47. The minimum atomic E-state index is -3.15. The number of nitrogens with zero attached hydrogens (tertiary/aromatic N) is 2. The van der Waals surface area contributed by atoms with Crippen LogP contribution in [0, 0.1) is 0 Å². The van der Waals surface area contributed by atoms with Gasteiger partial charge in [-0.3, -0.25) is 4.79 Å². The Hall–Kier alpha value is -1.60. The predicted octanol–water partition coefficient (Wildman–Crippen LogP) is 0.202. The molecule has 2 rings (SSSR count). The molecule has 110 valence electrons. The number of sulfonamides is 1. The molecule has 1 fully saturated rings. The van der Waals surface area contributed by atoms with Gasteiger partial charge in [0.15, 0.2) is 0 Å². The minimum absolute atomic E-state index is 0.0120. The first-order valence-corrected chi connectivity index (χ1v) is 8.33. The molecule has 20 heavy (non-hydrogen) atoms. The number of hydrogen-bond acceptors (Lipinski definition) is 4. The van der Waals surface area contributed by atoms with Crippen LogP contribution in [0.15, 0.2) is 30.3 Å². The number of benzene rings is 1. The molecule has 7 heteroatoms. The van der Waals surface area contributed by atoms with Crippen molar-refractivity contribution in [3.63, 3.8) is 0 Å². The molecule has 0 aromatic heterocycles. The molecule has 1 amide bonds. The van der Waals surface area contributed by atoms with Gasteiger partial charge in [0.1, 0.15) is 0 Å². The topological polar surface area (TPSA) is 69.7 Å². The van der Waals surface area contributed by atoms with E-state index >= 15 is 0 Å². The summed E-state index contributed by atoms with van der Waals surface area (Å²) in [5, 5.41) is 3.06. The van der Waals surface area contributed by atoms with E-state index in [9.17, 15) is 13.2 Å². The molecular weight excluding hydrogens is 278 g/mol. The van der Waals surface area contributed by atoms with Gasteiger partial charge in [-0.15, -0.1) is 0 Å². The average Bonchev–Trinajstić information content (AvgIpc) is 2.45. The normalized spacial score (nSPS) is 16.9. The lowest BCUT2D eigenvalue weighted by Crippen LogP contribution is -2.51. The number of para-hydroxylation sites is 1. The first-order valence-electron chi connectivity index (χ1n) is 6.48. The largest absolute Gasteiger partial charge is 0.376 e. The highest BCUT2D eigenvalue weighted by Crippen LogP contribution is 2.08. The molecule has 0 spiro atoms. The van der Waals surface area contributed by atoms with Gasteiger partial charge in [-0.1, -0.05) is 18.2 Å². The molecule has 1 heterocycles. The Morgan fingerprint density at radius 3 is 2.30 bits per heavy atom. The Morgan fingerprint density at radius 1 is 1.15 bits per heavy atom. The Kier molecular flexibility index (Phi) is 4.61. The number of anilines is 1. The molecule has 0 aliphatic carbocycles. The molecule has 1 aromatic rings. The van der Waals surface area contributed by atoms with Crippen molar-refractivity contribution in [1.82, 2.24) is 9.21 Å². The first kappa shape index (κ1) is 14.8. The van der Waals surface area contributed by atoms with Crippen LogP contribution in [0.1, 0.15) is 0 Å². The molecule has 1 saturated heterocycles. The predicted molar refractivity (Wildman–Crippen MR) is 77.9 cm³/mol. The summed E-state index contributed by atoms with van der Waals surface area (Å²) < 4.78 is 24.2. The third-order valence-electron chi connectivity index (χ3n) is 3.28. The van der Waals surface area contributed by atoms with Crippen molar-refractivity contribution in [3.05, 3.63) is 30.3 Å². The van der Waals surface area contributed by atoms with Crippen molar-refractivity contribution in [2.45, 2.75) is 0 Å². The number of carbonyl (C=O) groups excluding carboxylic acids is 1. The van der Waals surface area contributed by atoms with E-state index in [4.69, 9.17) is 0 Å². The quantitative estimate of drug-likeness (QED) is 0.862. The number of carbonyl (C=O) groups is 1. The van der Waals surface area contributed by atoms with Gasteiger partial charge in [-0.05, 0) is 12.1 Å². The van der Waals surface area contributed by atoms with Crippen molar-refractivity contribution in [3.8, 4) is 0 Å². The van der Waals surface area contributed by atoms with Crippen molar-refractivity contribution in [1.29, 1.82) is 0 Å². The van der Waals surface area contributed by atoms with Crippen LogP contribution in [0.25, 0.3) is 0 Å². The van der Waals surface area contributed by atoms with Crippen molar-refractivity contribution in [2.24, 2.45) is 0 Å². The van der Waals surface area contributed by atoms with Crippen molar-refractivity contribution < 1.29 is 13.2 Å². The monoisotopic (exact) mass is 297 g/mol. The maximum Gasteiger partial charge on any atom is 0.241 e. The van der Waals surface area contributed by atoms with Crippen LogP contribution in [0.4, 0.5) is 5.69 Å². The summed E-state index contributed by atoms with van der Waals surface area (Å²) in [4.78, 5) is 13.7. The third kappa shape index (κ3) is 3.94. The Balaban J connectivity index is 1.80. The van der Waals surface area contributed by atoms with E-state index in [0.717, 1.165) is 5.69 Å². The van der Waals surface area contributed by atoms with Crippen LogP contribution in [-0.2, 0) is 14.8 Å². The third-order valence-corrected chi connectivity index (χ3v) is 4.58. The van der Waals surface area contributed by atoms with Gasteiger partial charge >= 0.3 is 0 Å². The highest BCUT2D eigenvalue weighted by atomic mass is 32.2. The standard InChI is InChI=1S/C13H19N3O3S/c1-20(18,19)16-9-7-15(8-10-16)13(17)11-14-12-5-3-2-4-6-12/h2-6,14H,7-11H2,1H3. The zero-order valence-electron chi connectivity index (χ0n) is 11.4. The number of nitrogens with one attached hydrogen (secondary N) is 1. The second-order valence-corrected chi connectivity index (χ2v) is 6.74. The van der Waals surface area contributed by atoms with Crippen molar-refractivity contribution in [2.75, 3.05) is 44.3 Å². The van der Waals surface area contributed by atoms with Crippen LogP contribution in [0.5, 0.6) is 0 Å². The summed E-state index contributed by atoms with van der Waals surface area (Å²) in [5.41, 5.74) is 0.899. The molecule has 0 saturated carbocycles. The van der Waals surface area contributed by atoms with Gasteiger partial charge in [0.05, 0.1) is 12.8 Å². The van der Waals surface area contributed by atoms with Gasteiger partial charge in [0, 0.05) is 31.9 Å². The lowest BCUT2D eigenvalue weighted by atomic mass is 10.3. The van der Waals surface area contributed by atoms with Crippen LogP contribution < -0.4 is 5.32 Å². The van der Waals surface area contributed by atoms with Gasteiger partial charge in [-0.25, -0.2) is 8.42 Å². The van der Waals surface area contributed by atoms with Crippen LogP contribution in [-0.4, -0.2) is 62.5 Å². The van der Waals surface area contributed by atoms with Gasteiger partial charge in [-0.2, -0.15) is 4.31 Å². The van der Waals surface area contributed by atoms with Crippen molar-refractivity contribution >= 4 is 21.6 Å². The van der Waals surface area contributed by atoms with E-state index in [1.165, 1.54) is 10.6 Å². The van der Waals surface area contributed by atoms with E-state index in [1.807, 2.05) is 30.3 Å². The zero-order chi connectivity index (χ0) is 14.6. The fourth-order valence-corrected chi connectivity index (χ4v) is 2.94. The number of rotatable bonds is 4. The fourth-order valence-electron chi connectivity index (χ4n) is 2.11. The van der Waals surface area contributed by atoms with Gasteiger partial charge in [0.25, 0.3) is 0 Å². The Morgan fingerprint density at radius 2 is 1.75 bits per heavy atom. The summed E-state index contributed by atoms with van der Waals surface area (Å²) in [6, 6.07) is 9.51. The van der Waals surface area contributed by atoms with Crippen LogP contribution in [0.3, 0.4) is 0 Å². The average molecular weight is 297 g/mol. The van der Waals surface area contributed by atoms with E-state index in [1.54, 1.807) is 4.90 Å². The molecular formula is C13H19N3O3S. The number of amides is 1. The molecule has 1 aromatic carbocycles. The summed E-state index contributed by atoms with van der Waals surface area (Å²) in [6.45, 7) is 1.86. The second kappa shape index (κ2) is 6.23. The summed E-state index contributed by atoms with van der Waals surface area (Å²) in [6.07, 6.45) is 1.20. The molecule has 1 N–H and O–H groups in total. The SMILES string of the molecule is CS(=O)(=O)N1CCN(C(=O)CNc2ccccc2)CC1. The summed E-state index contributed by atoms with van der Waals surface area (Å²) in [7, 11) is -3.15. The molecule has 6 nitrogen and oxygen atoms in total. The molecule has 0 radical (unpaired) electrons. The highest BCUT2D eigenvalue weighted by molar-refractivity contribution is 7.88. The Labute approximate surface area is 119 Å². The Bertz CT molecular complexity index is 551. The van der Waals surface area contributed by atoms with Crippen LogP contribution in [0.2, 0.25) is 0 Å². The number of piperazine rings is 1. The lowest BCUT2D eigenvalue weighted by molar-refractivity contribution is -0.130. The summed E-state index contributed by atoms with van der Waals surface area (Å²) >= 11 is 0. The summed E-state index contributed by atoms with van der Waals surface area (Å²) in [5.74, 6) is -0.0120. The van der Waals surface area contributed by atoms with E-state index < -0.39 is 10.0 Å². The molecule has 1 aliphatic heterocycles. The maximum absolute atomic E-state index is 12.0.